The van der Waals surface area contributed by atoms with E-state index in [1.807, 2.05) is 6.92 Å². The number of carbonyl (C=O) groups excluding carboxylic acids is 3. The lowest BCUT2D eigenvalue weighted by Crippen LogP contribution is -2.63. The van der Waals surface area contributed by atoms with E-state index in [1.54, 1.807) is 56.5 Å². The zero-order chi connectivity index (χ0) is 26.4. The van der Waals surface area contributed by atoms with Crippen LogP contribution in [0.3, 0.4) is 0 Å². The van der Waals surface area contributed by atoms with Crippen molar-refractivity contribution in [2.45, 2.75) is 65.0 Å². The number of aliphatic hydroxyl groups excluding tert-OH is 1. The highest BCUT2D eigenvalue weighted by Crippen LogP contribution is 2.52. The molecule has 4 atom stereocenters. The Morgan fingerprint density at radius 1 is 1.22 bits per heavy atom. The average Bonchev–Trinajstić information content (AvgIpc) is 3.00. The number of β-lactam (4-membered cyclic amide) rings is 1. The van der Waals surface area contributed by atoms with Gasteiger partial charge in [0.05, 0.1) is 35.8 Å². The molecule has 2 saturated heterocycles. The first-order chi connectivity index (χ1) is 16.9. The van der Waals surface area contributed by atoms with Crippen molar-refractivity contribution in [2.24, 2.45) is 17.3 Å². The van der Waals surface area contributed by atoms with E-state index in [0.717, 1.165) is 30.1 Å². The second-order valence-corrected chi connectivity index (χ2v) is 12.4. The first-order valence-electron chi connectivity index (χ1n) is 12.5. The second-order valence-electron chi connectivity index (χ2n) is 11.1. The molecule has 0 spiro atoms. The normalized spacial score (nSPS) is 25.4. The molecule has 0 aromatic heterocycles. The van der Waals surface area contributed by atoms with Gasteiger partial charge in [-0.25, -0.2) is 4.39 Å². The maximum absolute atomic E-state index is 13.3. The number of hydrogen-bond donors (Lipinski definition) is 1. The summed E-state index contributed by atoms with van der Waals surface area (Å²) in [5.41, 5.74) is 0.796. The largest absolute Gasteiger partial charge is 0.465 e. The molecule has 1 amide bonds. The summed E-state index contributed by atoms with van der Waals surface area (Å²) >= 11 is 1.64. The highest BCUT2D eigenvalue weighted by Gasteiger charge is 2.59. The lowest BCUT2D eigenvalue weighted by atomic mass is 9.79. The van der Waals surface area contributed by atoms with Crippen LogP contribution in [0.25, 0.3) is 0 Å². The quantitative estimate of drug-likeness (QED) is 0.396. The molecule has 1 unspecified atom stereocenters. The number of allylic oxidation sites excluding steroid dienone is 1. The van der Waals surface area contributed by atoms with Gasteiger partial charge in [0.2, 0.25) is 5.91 Å². The number of benzene rings is 1. The lowest BCUT2D eigenvalue weighted by Gasteiger charge is -2.46. The van der Waals surface area contributed by atoms with Gasteiger partial charge in [-0.3, -0.25) is 19.3 Å². The average molecular weight is 519 g/mol. The fraction of sp³-hybridized carbons (Fsp3) is 0.593. The van der Waals surface area contributed by atoms with Crippen molar-refractivity contribution >= 4 is 29.4 Å². The number of amides is 1. The number of ether oxygens (including phenoxy) is 1. The molecule has 3 aliphatic heterocycles. The number of hydrogen-bond acceptors (Lipinski definition) is 7. The number of esters is 1. The molecule has 9 heteroatoms. The van der Waals surface area contributed by atoms with Crippen molar-refractivity contribution in [1.82, 2.24) is 9.80 Å². The Balaban J connectivity index is 1.43. The number of aliphatic hydroxyl groups is 1. The zero-order valence-corrected chi connectivity index (χ0v) is 22.3. The van der Waals surface area contributed by atoms with Crippen LogP contribution < -0.4 is 0 Å². The van der Waals surface area contributed by atoms with E-state index in [1.165, 1.54) is 12.1 Å². The molecular formula is C27H35FN2O5S. The first kappa shape index (κ1) is 26.8. The Kier molecular flexibility index (Phi) is 7.65. The fourth-order valence-corrected chi connectivity index (χ4v) is 6.67. The molecular weight excluding hydrogens is 483 g/mol. The molecule has 0 aliphatic carbocycles. The van der Waals surface area contributed by atoms with Gasteiger partial charge in [-0.05, 0) is 45.4 Å². The molecule has 4 rings (SSSR count). The van der Waals surface area contributed by atoms with Crippen molar-refractivity contribution in [2.75, 3.05) is 19.7 Å². The number of ketones is 1. The van der Waals surface area contributed by atoms with Crippen LogP contribution in [-0.4, -0.2) is 69.7 Å². The molecule has 36 heavy (non-hydrogen) atoms. The smallest absolute Gasteiger partial charge is 0.311 e. The van der Waals surface area contributed by atoms with E-state index >= 15 is 0 Å². The summed E-state index contributed by atoms with van der Waals surface area (Å²) in [6.45, 7) is 11.2. The third-order valence-corrected chi connectivity index (χ3v) is 8.53. The van der Waals surface area contributed by atoms with Crippen LogP contribution in [-0.2, 0) is 25.7 Å². The Morgan fingerprint density at radius 2 is 1.86 bits per heavy atom. The summed E-state index contributed by atoms with van der Waals surface area (Å²) < 4.78 is 18.5. The molecule has 1 aromatic rings. The molecule has 0 radical (unpaired) electrons. The summed E-state index contributed by atoms with van der Waals surface area (Å²) in [6.07, 6.45) is -0.782. The number of nitrogens with zero attached hydrogens (tertiary/aromatic N) is 2. The highest BCUT2D eigenvalue weighted by molar-refractivity contribution is 8.03. The number of halogens is 1. The van der Waals surface area contributed by atoms with Crippen LogP contribution in [0.1, 0.15) is 46.6 Å². The minimum Gasteiger partial charge on any atom is -0.465 e. The van der Waals surface area contributed by atoms with Gasteiger partial charge in [0.1, 0.15) is 5.82 Å². The van der Waals surface area contributed by atoms with Crippen LogP contribution in [0.5, 0.6) is 0 Å². The van der Waals surface area contributed by atoms with Crippen LogP contribution in [0.4, 0.5) is 4.39 Å². The van der Waals surface area contributed by atoms with E-state index < -0.39 is 17.4 Å². The van der Waals surface area contributed by atoms with Gasteiger partial charge >= 0.3 is 5.97 Å². The van der Waals surface area contributed by atoms with E-state index in [0.29, 0.717) is 5.70 Å². The van der Waals surface area contributed by atoms with Gasteiger partial charge in [-0.15, -0.1) is 11.8 Å². The number of rotatable bonds is 9. The summed E-state index contributed by atoms with van der Waals surface area (Å²) in [7, 11) is 0. The zero-order valence-electron chi connectivity index (χ0n) is 21.5. The van der Waals surface area contributed by atoms with E-state index in [9.17, 15) is 23.9 Å². The number of Topliss-reactive ketones (excluding diaryl/α,β-unsaturated/α-hetero) is 1. The Bertz CT molecular complexity index is 1060. The molecule has 196 valence electrons. The van der Waals surface area contributed by atoms with Crippen LogP contribution >= 0.6 is 11.8 Å². The van der Waals surface area contributed by atoms with Gasteiger partial charge in [-0.2, -0.15) is 0 Å². The Morgan fingerprint density at radius 3 is 2.44 bits per heavy atom. The molecule has 0 saturated carbocycles. The molecule has 1 N–H and O–H groups in total. The third kappa shape index (κ3) is 5.24. The standard InChI is InChI=1S/C27H35FN2O5S/c1-15-22-21(16(2)31)25(33)30(22)23(20(32)10-11-35-26(34)27(3,4)5)24(15)36-19-13-29(14-19)12-17-6-8-18(28)9-7-17/h6-9,15-16,19,21-22,31H,10-14H2,1-5H3/t15-,16-,21?,22-/m1/s1. The number of thioether (sulfide) groups is 1. The molecule has 0 bridgehead atoms. The fourth-order valence-electron chi connectivity index (χ4n) is 5.07. The summed E-state index contributed by atoms with van der Waals surface area (Å²) in [5.74, 6) is -1.64. The Labute approximate surface area is 216 Å². The highest BCUT2D eigenvalue weighted by atomic mass is 32.2. The van der Waals surface area contributed by atoms with Crippen molar-refractivity contribution < 1.29 is 28.6 Å². The van der Waals surface area contributed by atoms with Crippen LogP contribution in [0.15, 0.2) is 34.9 Å². The second kappa shape index (κ2) is 10.3. The van der Waals surface area contributed by atoms with Gasteiger partial charge in [0, 0.05) is 42.1 Å². The number of carbonyl (C=O) groups is 3. The Hall–Kier alpha value is -2.23. The van der Waals surface area contributed by atoms with E-state index in [2.05, 4.69) is 4.90 Å². The summed E-state index contributed by atoms with van der Waals surface area (Å²) in [4.78, 5) is 43.0. The van der Waals surface area contributed by atoms with Crippen LogP contribution in [0.2, 0.25) is 0 Å². The van der Waals surface area contributed by atoms with Gasteiger partial charge in [0.25, 0.3) is 0 Å². The van der Waals surface area contributed by atoms with E-state index in [4.69, 9.17) is 4.74 Å². The summed E-state index contributed by atoms with van der Waals surface area (Å²) in [6, 6.07) is 6.26. The van der Waals surface area contributed by atoms with E-state index in [-0.39, 0.29) is 53.7 Å². The number of fused-ring (bicyclic) bond motifs is 1. The molecule has 1 aromatic carbocycles. The molecule has 2 fully saturated rings. The molecule has 3 heterocycles. The third-order valence-electron chi connectivity index (χ3n) is 7.08. The number of likely N-dealkylation sites (tertiary alicyclic amines) is 1. The topological polar surface area (TPSA) is 87.1 Å². The van der Waals surface area contributed by atoms with Gasteiger partial charge < -0.3 is 14.7 Å². The first-order valence-corrected chi connectivity index (χ1v) is 13.4. The van der Waals surface area contributed by atoms with Crippen molar-refractivity contribution in [3.63, 3.8) is 0 Å². The van der Waals surface area contributed by atoms with Crippen molar-refractivity contribution in [3.8, 4) is 0 Å². The minimum absolute atomic E-state index is 0.00510. The predicted molar refractivity (Wildman–Crippen MR) is 135 cm³/mol. The molecule has 3 aliphatic rings. The van der Waals surface area contributed by atoms with Gasteiger partial charge in [0.15, 0.2) is 5.78 Å². The lowest BCUT2D eigenvalue weighted by molar-refractivity contribution is -0.161. The SMILES string of the molecule is C[C@@H](O)C1C(=O)N2C(C(=O)CCOC(=O)C(C)(C)C)=C(SC3CN(Cc4ccc(F)cc4)C3)[C@H](C)[C@H]12. The van der Waals surface area contributed by atoms with Gasteiger partial charge in [-0.1, -0.05) is 19.1 Å². The predicted octanol–water partition coefficient (Wildman–Crippen LogP) is 3.36. The summed E-state index contributed by atoms with van der Waals surface area (Å²) in [5, 5.41) is 10.5. The van der Waals surface area contributed by atoms with Crippen molar-refractivity contribution in [3.05, 3.63) is 46.2 Å². The minimum atomic E-state index is -0.787. The van der Waals surface area contributed by atoms with Crippen LogP contribution in [0, 0.1) is 23.1 Å². The maximum Gasteiger partial charge on any atom is 0.311 e. The monoisotopic (exact) mass is 518 g/mol. The van der Waals surface area contributed by atoms with Crippen molar-refractivity contribution in [1.29, 1.82) is 0 Å². The maximum atomic E-state index is 13.3. The molecule has 7 nitrogen and oxygen atoms in total.